The molecule has 0 aliphatic rings. The third-order valence-electron chi connectivity index (χ3n) is 1.55. The van der Waals surface area contributed by atoms with Crippen LogP contribution in [0.2, 0.25) is 0 Å². The first kappa shape index (κ1) is 8.78. The number of anilines is 1. The number of rotatable bonds is 2. The minimum atomic E-state index is -0.232. The quantitative estimate of drug-likeness (QED) is 0.710. The Kier molecular flexibility index (Phi) is 2.48. The molecule has 2 heteroatoms. The zero-order chi connectivity index (χ0) is 9.14. The maximum atomic E-state index is 12.7. The number of nitrogens with one attached hydrogen (secondary N) is 1. The number of halogens is 1. The molecule has 0 fully saturated rings. The van der Waals surface area contributed by atoms with E-state index in [-0.39, 0.29) is 5.82 Å². The van der Waals surface area contributed by atoms with E-state index < -0.39 is 0 Å². The van der Waals surface area contributed by atoms with Crippen LogP contribution in [0.1, 0.15) is 12.5 Å². The van der Waals surface area contributed by atoms with Crippen LogP contribution in [-0.4, -0.2) is 0 Å². The molecule has 0 saturated heterocycles. The maximum Gasteiger partial charge on any atom is 0.125 e. The number of aryl methyl sites for hydroxylation is 1. The second-order valence-corrected chi connectivity index (χ2v) is 2.86. The van der Waals surface area contributed by atoms with Gasteiger partial charge in [-0.3, -0.25) is 0 Å². The van der Waals surface area contributed by atoms with E-state index >= 15 is 0 Å². The lowest BCUT2D eigenvalue weighted by Gasteiger charge is -2.08. The first-order valence-corrected chi connectivity index (χ1v) is 3.78. The predicted molar refractivity (Wildman–Crippen MR) is 49.6 cm³/mol. The molecular weight excluding hydrogens is 153 g/mol. The summed E-state index contributed by atoms with van der Waals surface area (Å²) in [6.45, 7) is 7.45. The van der Waals surface area contributed by atoms with Gasteiger partial charge < -0.3 is 5.32 Å². The molecule has 0 heterocycles. The Hall–Kier alpha value is -1.31. The molecule has 0 saturated carbocycles. The summed E-state index contributed by atoms with van der Waals surface area (Å²) in [6.07, 6.45) is 0. The van der Waals surface area contributed by atoms with E-state index in [9.17, 15) is 4.39 Å². The molecule has 64 valence electrons. The molecule has 0 radical (unpaired) electrons. The molecule has 0 bridgehead atoms. The first-order valence-electron chi connectivity index (χ1n) is 3.78. The second kappa shape index (κ2) is 3.39. The second-order valence-electron chi connectivity index (χ2n) is 2.86. The van der Waals surface area contributed by atoms with Gasteiger partial charge in [0.25, 0.3) is 0 Å². The predicted octanol–water partition coefficient (Wildman–Crippen LogP) is 3.08. The van der Waals surface area contributed by atoms with E-state index in [0.29, 0.717) is 0 Å². The lowest BCUT2D eigenvalue weighted by molar-refractivity contribution is 0.628. The lowest BCUT2D eigenvalue weighted by atomic mass is 10.2. The van der Waals surface area contributed by atoms with Gasteiger partial charge in [-0.1, -0.05) is 12.6 Å². The molecule has 0 atom stereocenters. The van der Waals surface area contributed by atoms with Crippen molar-refractivity contribution in [2.45, 2.75) is 13.8 Å². The molecule has 0 spiro atoms. The highest BCUT2D eigenvalue weighted by atomic mass is 19.1. The van der Waals surface area contributed by atoms with Crippen LogP contribution in [0, 0.1) is 12.7 Å². The molecule has 1 rings (SSSR count). The molecule has 0 aliphatic heterocycles. The molecule has 1 aromatic carbocycles. The summed E-state index contributed by atoms with van der Waals surface area (Å²) in [5, 5.41) is 2.98. The zero-order valence-electron chi connectivity index (χ0n) is 7.32. The summed E-state index contributed by atoms with van der Waals surface area (Å²) < 4.78 is 12.7. The fourth-order valence-corrected chi connectivity index (χ4v) is 0.959. The van der Waals surface area contributed by atoms with Gasteiger partial charge in [-0.25, -0.2) is 4.39 Å². The van der Waals surface area contributed by atoms with Crippen LogP contribution in [0.4, 0.5) is 10.1 Å². The fraction of sp³-hybridized carbons (Fsp3) is 0.200. The molecule has 1 N–H and O–H groups in total. The van der Waals surface area contributed by atoms with Crippen molar-refractivity contribution in [2.75, 3.05) is 5.32 Å². The van der Waals surface area contributed by atoms with Gasteiger partial charge in [-0.2, -0.15) is 0 Å². The Morgan fingerprint density at radius 1 is 1.50 bits per heavy atom. The highest BCUT2D eigenvalue weighted by molar-refractivity contribution is 5.53. The van der Waals surface area contributed by atoms with Crippen LogP contribution in [0.15, 0.2) is 30.5 Å². The van der Waals surface area contributed by atoms with Crippen LogP contribution in [0.25, 0.3) is 0 Å². The topological polar surface area (TPSA) is 12.0 Å². The largest absolute Gasteiger partial charge is 0.359 e. The SMILES string of the molecule is C=C(C)Nc1cc(F)ccc1C. The lowest BCUT2D eigenvalue weighted by Crippen LogP contribution is -1.96. The Morgan fingerprint density at radius 2 is 2.17 bits per heavy atom. The van der Waals surface area contributed by atoms with Crippen molar-refractivity contribution < 1.29 is 4.39 Å². The van der Waals surface area contributed by atoms with Gasteiger partial charge in [-0.05, 0) is 31.5 Å². The monoisotopic (exact) mass is 165 g/mol. The Balaban J connectivity index is 2.97. The van der Waals surface area contributed by atoms with E-state index in [0.717, 1.165) is 16.9 Å². The van der Waals surface area contributed by atoms with Gasteiger partial charge in [0.2, 0.25) is 0 Å². The Labute approximate surface area is 71.9 Å². The van der Waals surface area contributed by atoms with Gasteiger partial charge >= 0.3 is 0 Å². The summed E-state index contributed by atoms with van der Waals surface area (Å²) in [5.41, 5.74) is 2.60. The van der Waals surface area contributed by atoms with E-state index in [4.69, 9.17) is 0 Å². The molecule has 1 nitrogen and oxygen atoms in total. The summed E-state index contributed by atoms with van der Waals surface area (Å²) >= 11 is 0. The van der Waals surface area contributed by atoms with Gasteiger partial charge in [0.15, 0.2) is 0 Å². The molecular formula is C10H12FN. The number of benzene rings is 1. The Morgan fingerprint density at radius 3 is 2.75 bits per heavy atom. The van der Waals surface area contributed by atoms with Crippen molar-refractivity contribution in [3.05, 3.63) is 41.9 Å². The average Bonchev–Trinajstić information content (AvgIpc) is 1.96. The minimum Gasteiger partial charge on any atom is -0.359 e. The van der Waals surface area contributed by atoms with E-state index in [2.05, 4.69) is 11.9 Å². The van der Waals surface area contributed by atoms with Gasteiger partial charge in [-0.15, -0.1) is 0 Å². The number of hydrogen-bond acceptors (Lipinski definition) is 1. The number of hydrogen-bond donors (Lipinski definition) is 1. The third kappa shape index (κ3) is 2.09. The molecule has 1 aromatic rings. The molecule has 0 unspecified atom stereocenters. The van der Waals surface area contributed by atoms with Crippen molar-refractivity contribution in [2.24, 2.45) is 0 Å². The van der Waals surface area contributed by atoms with Crippen molar-refractivity contribution in [3.8, 4) is 0 Å². The van der Waals surface area contributed by atoms with Crippen molar-refractivity contribution >= 4 is 5.69 Å². The highest BCUT2D eigenvalue weighted by Gasteiger charge is 1.98. The summed E-state index contributed by atoms with van der Waals surface area (Å²) in [4.78, 5) is 0. The van der Waals surface area contributed by atoms with Crippen LogP contribution in [-0.2, 0) is 0 Å². The van der Waals surface area contributed by atoms with Crippen LogP contribution in [0.5, 0.6) is 0 Å². The summed E-state index contributed by atoms with van der Waals surface area (Å²) in [7, 11) is 0. The van der Waals surface area contributed by atoms with Crippen LogP contribution in [0.3, 0.4) is 0 Å². The van der Waals surface area contributed by atoms with Crippen LogP contribution < -0.4 is 5.32 Å². The smallest absolute Gasteiger partial charge is 0.125 e. The first-order chi connectivity index (χ1) is 5.59. The summed E-state index contributed by atoms with van der Waals surface area (Å²) in [5.74, 6) is -0.232. The van der Waals surface area contributed by atoms with Gasteiger partial charge in [0, 0.05) is 11.4 Å². The van der Waals surface area contributed by atoms with E-state index in [1.807, 2.05) is 13.8 Å². The molecule has 0 aliphatic carbocycles. The van der Waals surface area contributed by atoms with Crippen LogP contribution >= 0.6 is 0 Å². The van der Waals surface area contributed by atoms with E-state index in [1.165, 1.54) is 12.1 Å². The van der Waals surface area contributed by atoms with Gasteiger partial charge in [0.1, 0.15) is 5.82 Å². The Bertz CT molecular complexity index is 305. The fourth-order valence-electron chi connectivity index (χ4n) is 0.959. The third-order valence-corrected chi connectivity index (χ3v) is 1.55. The normalized spacial score (nSPS) is 9.58. The molecule has 0 aromatic heterocycles. The highest BCUT2D eigenvalue weighted by Crippen LogP contribution is 2.16. The molecule has 0 amide bonds. The van der Waals surface area contributed by atoms with Crippen molar-refractivity contribution in [1.29, 1.82) is 0 Å². The van der Waals surface area contributed by atoms with Crippen molar-refractivity contribution in [3.63, 3.8) is 0 Å². The maximum absolute atomic E-state index is 12.7. The standard InChI is InChI=1S/C10H12FN/c1-7(2)12-10-6-9(11)5-4-8(10)3/h4-6,12H,1H2,2-3H3. The van der Waals surface area contributed by atoms with Crippen molar-refractivity contribution in [1.82, 2.24) is 0 Å². The number of allylic oxidation sites excluding steroid dienone is 1. The molecule has 12 heavy (non-hydrogen) atoms. The van der Waals surface area contributed by atoms with E-state index in [1.54, 1.807) is 6.07 Å². The van der Waals surface area contributed by atoms with Gasteiger partial charge in [0.05, 0.1) is 0 Å². The average molecular weight is 165 g/mol. The minimum absolute atomic E-state index is 0.232. The summed E-state index contributed by atoms with van der Waals surface area (Å²) in [6, 6.07) is 4.64. The zero-order valence-corrected chi connectivity index (χ0v) is 7.32.